The summed E-state index contributed by atoms with van der Waals surface area (Å²) in [6.07, 6.45) is -2.75. The van der Waals surface area contributed by atoms with E-state index >= 15 is 0 Å². The normalized spacial score (nSPS) is 15.0. The standard InChI is InChI=1S/C22H25F3N2O3S/c1-21(2,3)26-31(29,30)19-12-6-16(7-13-19)20(28)27(18-10-11-18)14-15-4-8-17(9-5-15)22(23,24)25/h4-9,12-13,18,26H,10-11,14H2,1-3H3. The monoisotopic (exact) mass is 454 g/mol. The summed E-state index contributed by atoms with van der Waals surface area (Å²) >= 11 is 0. The number of amides is 1. The van der Waals surface area contributed by atoms with Crippen molar-refractivity contribution in [3.8, 4) is 0 Å². The molecule has 0 aliphatic heterocycles. The molecular weight excluding hydrogens is 429 g/mol. The van der Waals surface area contributed by atoms with Gasteiger partial charge in [-0.1, -0.05) is 12.1 Å². The highest BCUT2D eigenvalue weighted by Crippen LogP contribution is 2.32. The molecule has 1 fully saturated rings. The SMILES string of the molecule is CC(C)(C)NS(=O)(=O)c1ccc(C(=O)N(Cc2ccc(C(F)(F)F)cc2)C2CC2)cc1. The molecule has 1 aliphatic rings. The summed E-state index contributed by atoms with van der Waals surface area (Å²) in [6.45, 7) is 5.39. The van der Waals surface area contributed by atoms with E-state index in [2.05, 4.69) is 4.72 Å². The fourth-order valence-electron chi connectivity index (χ4n) is 3.15. The van der Waals surface area contributed by atoms with Crippen molar-refractivity contribution >= 4 is 15.9 Å². The van der Waals surface area contributed by atoms with Crippen LogP contribution < -0.4 is 4.72 Å². The summed E-state index contributed by atoms with van der Waals surface area (Å²) in [6, 6.07) is 10.5. The molecule has 3 rings (SSSR count). The number of rotatable bonds is 6. The molecule has 1 aliphatic carbocycles. The Morgan fingerprint density at radius 2 is 1.55 bits per heavy atom. The van der Waals surface area contributed by atoms with Crippen LogP contribution in [0.2, 0.25) is 0 Å². The highest BCUT2D eigenvalue weighted by Gasteiger charge is 2.34. The van der Waals surface area contributed by atoms with E-state index < -0.39 is 27.3 Å². The largest absolute Gasteiger partial charge is 0.416 e. The minimum atomic E-state index is -4.41. The number of halogens is 3. The minimum absolute atomic E-state index is 0.0285. The summed E-state index contributed by atoms with van der Waals surface area (Å²) in [5, 5.41) is 0. The van der Waals surface area contributed by atoms with Gasteiger partial charge in [0.2, 0.25) is 10.0 Å². The van der Waals surface area contributed by atoms with Gasteiger partial charge in [0.15, 0.2) is 0 Å². The number of carbonyl (C=O) groups is 1. The van der Waals surface area contributed by atoms with Gasteiger partial charge in [-0.3, -0.25) is 4.79 Å². The van der Waals surface area contributed by atoms with Crippen molar-refractivity contribution in [1.82, 2.24) is 9.62 Å². The molecule has 0 spiro atoms. The van der Waals surface area contributed by atoms with Gasteiger partial charge in [0.25, 0.3) is 5.91 Å². The molecule has 1 amide bonds. The Kier molecular flexibility index (Phi) is 6.21. The fourth-order valence-corrected chi connectivity index (χ4v) is 4.57. The first-order valence-electron chi connectivity index (χ1n) is 9.87. The summed E-state index contributed by atoms with van der Waals surface area (Å²) in [7, 11) is -3.72. The van der Waals surface area contributed by atoms with Crippen molar-refractivity contribution in [2.24, 2.45) is 0 Å². The van der Waals surface area contributed by atoms with Crippen LogP contribution in [-0.2, 0) is 22.7 Å². The third-order valence-corrected chi connectivity index (χ3v) is 6.51. The molecule has 0 unspecified atom stereocenters. The van der Waals surface area contributed by atoms with Crippen molar-refractivity contribution in [3.05, 3.63) is 65.2 Å². The number of hydrogen-bond acceptors (Lipinski definition) is 3. The van der Waals surface area contributed by atoms with Gasteiger partial charge in [0.1, 0.15) is 0 Å². The molecular formula is C22H25F3N2O3S. The van der Waals surface area contributed by atoms with Crippen molar-refractivity contribution in [2.75, 3.05) is 0 Å². The zero-order valence-electron chi connectivity index (χ0n) is 17.5. The second-order valence-electron chi connectivity index (χ2n) is 8.74. The number of hydrogen-bond donors (Lipinski definition) is 1. The van der Waals surface area contributed by atoms with Crippen LogP contribution in [0.5, 0.6) is 0 Å². The molecule has 0 heterocycles. The van der Waals surface area contributed by atoms with Crippen LogP contribution >= 0.6 is 0 Å². The minimum Gasteiger partial charge on any atom is -0.331 e. The number of nitrogens with one attached hydrogen (secondary N) is 1. The van der Waals surface area contributed by atoms with Gasteiger partial charge in [-0.15, -0.1) is 0 Å². The molecule has 2 aromatic carbocycles. The number of benzene rings is 2. The van der Waals surface area contributed by atoms with E-state index in [0.29, 0.717) is 11.1 Å². The molecule has 31 heavy (non-hydrogen) atoms. The second-order valence-corrected chi connectivity index (χ2v) is 10.4. The van der Waals surface area contributed by atoms with Gasteiger partial charge >= 0.3 is 6.18 Å². The van der Waals surface area contributed by atoms with E-state index in [1.807, 2.05) is 0 Å². The number of sulfonamides is 1. The molecule has 0 atom stereocenters. The third kappa shape index (κ3) is 6.07. The average Bonchev–Trinajstić information content (AvgIpc) is 3.48. The Hall–Kier alpha value is -2.39. The maximum absolute atomic E-state index is 13.0. The lowest BCUT2D eigenvalue weighted by Crippen LogP contribution is -2.40. The van der Waals surface area contributed by atoms with Gasteiger partial charge in [-0.2, -0.15) is 13.2 Å². The molecule has 2 aromatic rings. The summed E-state index contributed by atoms with van der Waals surface area (Å²) in [4.78, 5) is 14.7. The van der Waals surface area contributed by atoms with E-state index in [1.165, 1.54) is 36.4 Å². The third-order valence-electron chi connectivity index (χ3n) is 4.73. The number of carbonyl (C=O) groups excluding carboxylic acids is 1. The smallest absolute Gasteiger partial charge is 0.331 e. The van der Waals surface area contributed by atoms with E-state index in [-0.39, 0.29) is 23.4 Å². The maximum atomic E-state index is 13.0. The van der Waals surface area contributed by atoms with Gasteiger partial charge in [0.05, 0.1) is 10.5 Å². The molecule has 5 nitrogen and oxygen atoms in total. The zero-order valence-corrected chi connectivity index (χ0v) is 18.3. The Bertz CT molecular complexity index is 1040. The Morgan fingerprint density at radius 3 is 2.00 bits per heavy atom. The lowest BCUT2D eigenvalue weighted by atomic mass is 10.1. The maximum Gasteiger partial charge on any atom is 0.416 e. The predicted octanol–water partition coefficient (Wildman–Crippen LogP) is 4.59. The lowest BCUT2D eigenvalue weighted by molar-refractivity contribution is -0.137. The first-order chi connectivity index (χ1) is 14.3. The Morgan fingerprint density at radius 1 is 1.00 bits per heavy atom. The van der Waals surface area contributed by atoms with Crippen molar-refractivity contribution in [2.45, 2.75) is 62.8 Å². The van der Waals surface area contributed by atoms with Gasteiger partial charge in [-0.25, -0.2) is 13.1 Å². The highest BCUT2D eigenvalue weighted by atomic mass is 32.2. The van der Waals surface area contributed by atoms with E-state index in [9.17, 15) is 26.4 Å². The van der Waals surface area contributed by atoms with Crippen molar-refractivity contribution in [3.63, 3.8) is 0 Å². The molecule has 9 heteroatoms. The Balaban J connectivity index is 1.76. The van der Waals surface area contributed by atoms with Crippen LogP contribution in [0.1, 0.15) is 55.1 Å². The van der Waals surface area contributed by atoms with Crippen LogP contribution in [0.4, 0.5) is 13.2 Å². The van der Waals surface area contributed by atoms with Crippen molar-refractivity contribution in [1.29, 1.82) is 0 Å². The van der Waals surface area contributed by atoms with Crippen LogP contribution in [0, 0.1) is 0 Å². The highest BCUT2D eigenvalue weighted by molar-refractivity contribution is 7.89. The van der Waals surface area contributed by atoms with E-state index in [0.717, 1.165) is 25.0 Å². The van der Waals surface area contributed by atoms with Gasteiger partial charge < -0.3 is 4.90 Å². The second kappa shape index (κ2) is 8.27. The molecule has 0 bridgehead atoms. The van der Waals surface area contributed by atoms with Gasteiger partial charge in [0, 0.05) is 23.7 Å². The number of alkyl halides is 3. The average molecular weight is 455 g/mol. The van der Waals surface area contributed by atoms with Crippen LogP contribution in [0.15, 0.2) is 53.4 Å². The van der Waals surface area contributed by atoms with Crippen molar-refractivity contribution < 1.29 is 26.4 Å². The quantitative estimate of drug-likeness (QED) is 0.695. The first-order valence-corrected chi connectivity index (χ1v) is 11.4. The van der Waals surface area contributed by atoms with E-state index in [4.69, 9.17) is 0 Å². The van der Waals surface area contributed by atoms with E-state index in [1.54, 1.807) is 25.7 Å². The van der Waals surface area contributed by atoms with Gasteiger partial charge in [-0.05, 0) is 75.6 Å². The predicted molar refractivity (Wildman–Crippen MR) is 111 cm³/mol. The lowest BCUT2D eigenvalue weighted by Gasteiger charge is -2.23. The van der Waals surface area contributed by atoms with Crippen LogP contribution in [-0.4, -0.2) is 30.8 Å². The molecule has 1 saturated carbocycles. The fraction of sp³-hybridized carbons (Fsp3) is 0.409. The molecule has 0 aromatic heterocycles. The number of nitrogens with zero attached hydrogens (tertiary/aromatic N) is 1. The molecule has 0 saturated heterocycles. The molecule has 0 radical (unpaired) electrons. The molecule has 168 valence electrons. The summed E-state index contributed by atoms with van der Waals surface area (Å²) in [5.74, 6) is -0.282. The summed E-state index contributed by atoms with van der Waals surface area (Å²) in [5.41, 5.74) is -0.450. The van der Waals surface area contributed by atoms with Crippen LogP contribution in [0.25, 0.3) is 0 Å². The Labute approximate surface area is 180 Å². The molecule has 1 N–H and O–H groups in total. The summed E-state index contributed by atoms with van der Waals surface area (Å²) < 4.78 is 65.7. The first kappa shape index (κ1) is 23.3. The van der Waals surface area contributed by atoms with Crippen LogP contribution in [0.3, 0.4) is 0 Å². The zero-order chi connectivity index (χ0) is 23.0. The topological polar surface area (TPSA) is 66.5 Å².